The molecule has 1 N–H and O–H groups in total. The summed E-state index contributed by atoms with van der Waals surface area (Å²) in [5, 5.41) is 7.74. The average Bonchev–Trinajstić information content (AvgIpc) is 2.76. The molecule has 1 atom stereocenters. The highest BCUT2D eigenvalue weighted by Crippen LogP contribution is 2.22. The SMILES string of the molecule is CC1=C(c2cnn3ccccc23)NC(C)N=C1. The van der Waals surface area contributed by atoms with E-state index in [4.69, 9.17) is 0 Å². The smallest absolute Gasteiger partial charge is 0.115 e. The van der Waals surface area contributed by atoms with Crippen LogP contribution < -0.4 is 5.32 Å². The average molecular weight is 226 g/mol. The topological polar surface area (TPSA) is 41.7 Å². The van der Waals surface area contributed by atoms with Gasteiger partial charge in [0.05, 0.1) is 17.4 Å². The van der Waals surface area contributed by atoms with Crippen molar-refractivity contribution in [2.75, 3.05) is 0 Å². The number of fused-ring (bicyclic) bond motifs is 1. The molecule has 0 amide bonds. The Balaban J connectivity index is 2.19. The highest BCUT2D eigenvalue weighted by Gasteiger charge is 2.15. The Kier molecular flexibility index (Phi) is 2.21. The summed E-state index contributed by atoms with van der Waals surface area (Å²) < 4.78 is 1.88. The van der Waals surface area contributed by atoms with Crippen LogP contribution in [0.2, 0.25) is 0 Å². The molecule has 0 radical (unpaired) electrons. The predicted molar refractivity (Wildman–Crippen MR) is 68.9 cm³/mol. The van der Waals surface area contributed by atoms with Crippen LogP contribution in [0.3, 0.4) is 0 Å². The minimum atomic E-state index is 0.118. The van der Waals surface area contributed by atoms with Crippen molar-refractivity contribution >= 4 is 17.4 Å². The van der Waals surface area contributed by atoms with E-state index in [1.165, 1.54) is 0 Å². The van der Waals surface area contributed by atoms with Gasteiger partial charge < -0.3 is 5.32 Å². The standard InChI is InChI=1S/C13H14N4/c1-9-7-14-10(2)16-13(9)11-8-15-17-6-4-3-5-12(11)17/h3-8,10,16H,1-2H3. The number of aromatic nitrogens is 2. The fraction of sp³-hybridized carbons (Fsp3) is 0.231. The molecule has 0 bridgehead atoms. The van der Waals surface area contributed by atoms with Crippen LogP contribution in [-0.4, -0.2) is 22.0 Å². The third kappa shape index (κ3) is 1.62. The molecule has 1 aliphatic rings. The van der Waals surface area contributed by atoms with Gasteiger partial charge in [0.1, 0.15) is 6.17 Å². The van der Waals surface area contributed by atoms with Gasteiger partial charge in [-0.1, -0.05) is 6.07 Å². The van der Waals surface area contributed by atoms with Gasteiger partial charge in [-0.2, -0.15) is 5.10 Å². The summed E-state index contributed by atoms with van der Waals surface area (Å²) in [4.78, 5) is 4.33. The highest BCUT2D eigenvalue weighted by molar-refractivity contribution is 5.94. The van der Waals surface area contributed by atoms with Crippen LogP contribution in [0.5, 0.6) is 0 Å². The second-order valence-electron chi connectivity index (χ2n) is 4.25. The first-order chi connectivity index (χ1) is 8.25. The van der Waals surface area contributed by atoms with Crippen molar-refractivity contribution in [1.82, 2.24) is 14.9 Å². The van der Waals surface area contributed by atoms with E-state index in [-0.39, 0.29) is 6.17 Å². The maximum Gasteiger partial charge on any atom is 0.115 e. The molecule has 2 aromatic rings. The lowest BCUT2D eigenvalue weighted by Crippen LogP contribution is -2.27. The van der Waals surface area contributed by atoms with Gasteiger partial charge in [-0.15, -0.1) is 0 Å². The first-order valence-electron chi connectivity index (χ1n) is 5.69. The van der Waals surface area contributed by atoms with E-state index in [9.17, 15) is 0 Å². The maximum absolute atomic E-state index is 4.35. The van der Waals surface area contributed by atoms with Crippen LogP contribution in [0.15, 0.2) is 41.2 Å². The van der Waals surface area contributed by atoms with Crippen LogP contribution in [0.4, 0.5) is 0 Å². The molecule has 3 rings (SSSR count). The first-order valence-corrected chi connectivity index (χ1v) is 5.69. The van der Waals surface area contributed by atoms with Crippen LogP contribution in [0, 0.1) is 0 Å². The second-order valence-corrected chi connectivity index (χ2v) is 4.25. The summed E-state index contributed by atoms with van der Waals surface area (Å²) in [5.41, 5.74) is 4.49. The molecule has 4 nitrogen and oxygen atoms in total. The van der Waals surface area contributed by atoms with Crippen molar-refractivity contribution < 1.29 is 0 Å². The lowest BCUT2D eigenvalue weighted by atomic mass is 10.1. The number of allylic oxidation sites excluding steroid dienone is 1. The largest absolute Gasteiger partial charge is 0.363 e. The summed E-state index contributed by atoms with van der Waals surface area (Å²) in [7, 11) is 0. The molecule has 0 spiro atoms. The number of pyridine rings is 1. The number of hydrogen-bond donors (Lipinski definition) is 1. The molecular formula is C13H14N4. The highest BCUT2D eigenvalue weighted by atomic mass is 15.2. The zero-order chi connectivity index (χ0) is 11.8. The lowest BCUT2D eigenvalue weighted by Gasteiger charge is -2.20. The van der Waals surface area contributed by atoms with Crippen LogP contribution in [0.1, 0.15) is 19.4 Å². The van der Waals surface area contributed by atoms with Gasteiger partial charge in [-0.3, -0.25) is 4.99 Å². The third-order valence-corrected chi connectivity index (χ3v) is 2.94. The quantitative estimate of drug-likeness (QED) is 0.809. The molecule has 0 aromatic carbocycles. The summed E-state index contributed by atoms with van der Waals surface area (Å²) >= 11 is 0. The number of nitrogens with zero attached hydrogens (tertiary/aromatic N) is 3. The minimum absolute atomic E-state index is 0.118. The molecule has 86 valence electrons. The zero-order valence-electron chi connectivity index (χ0n) is 9.88. The molecule has 3 heterocycles. The van der Waals surface area contributed by atoms with Gasteiger partial charge in [0.15, 0.2) is 0 Å². The van der Waals surface area contributed by atoms with E-state index in [0.29, 0.717) is 0 Å². The summed E-state index contributed by atoms with van der Waals surface area (Å²) in [5.74, 6) is 0. The van der Waals surface area contributed by atoms with Gasteiger partial charge in [-0.25, -0.2) is 4.52 Å². The molecule has 0 fully saturated rings. The molecule has 0 saturated heterocycles. The summed E-state index contributed by atoms with van der Waals surface area (Å²) in [6.07, 6.45) is 5.89. The van der Waals surface area contributed by atoms with Crippen molar-refractivity contribution in [3.63, 3.8) is 0 Å². The van der Waals surface area contributed by atoms with Gasteiger partial charge in [0, 0.05) is 18.0 Å². The fourth-order valence-electron chi connectivity index (χ4n) is 2.07. The van der Waals surface area contributed by atoms with Gasteiger partial charge in [0.2, 0.25) is 0 Å². The van der Waals surface area contributed by atoms with Gasteiger partial charge >= 0.3 is 0 Å². The fourth-order valence-corrected chi connectivity index (χ4v) is 2.07. The minimum Gasteiger partial charge on any atom is -0.363 e. The number of aliphatic imine (C=N–C) groups is 1. The number of rotatable bonds is 1. The molecule has 0 saturated carbocycles. The Labute approximate surface area is 99.7 Å². The van der Waals surface area contributed by atoms with Crippen molar-refractivity contribution in [2.45, 2.75) is 20.0 Å². The molecule has 0 aliphatic carbocycles. The van der Waals surface area contributed by atoms with Gasteiger partial charge in [0.25, 0.3) is 0 Å². The number of hydrogen-bond acceptors (Lipinski definition) is 3. The van der Waals surface area contributed by atoms with Crippen LogP contribution in [0.25, 0.3) is 11.2 Å². The Morgan fingerprint density at radius 2 is 2.24 bits per heavy atom. The molecule has 1 aliphatic heterocycles. The molecule has 17 heavy (non-hydrogen) atoms. The van der Waals surface area contributed by atoms with E-state index in [1.54, 1.807) is 0 Å². The van der Waals surface area contributed by atoms with Gasteiger partial charge in [-0.05, 0) is 31.6 Å². The Hall–Kier alpha value is -2.10. The van der Waals surface area contributed by atoms with Crippen molar-refractivity contribution in [1.29, 1.82) is 0 Å². The number of nitrogens with one attached hydrogen (secondary N) is 1. The second kappa shape index (κ2) is 3.73. The molecule has 1 unspecified atom stereocenters. The van der Waals surface area contributed by atoms with Crippen LogP contribution >= 0.6 is 0 Å². The zero-order valence-corrected chi connectivity index (χ0v) is 9.88. The van der Waals surface area contributed by atoms with Crippen molar-refractivity contribution in [3.05, 3.63) is 41.7 Å². The van der Waals surface area contributed by atoms with E-state index < -0.39 is 0 Å². The summed E-state index contributed by atoms with van der Waals surface area (Å²) in [6, 6.07) is 6.07. The van der Waals surface area contributed by atoms with Crippen molar-refractivity contribution in [2.24, 2.45) is 4.99 Å². The Morgan fingerprint density at radius 1 is 1.35 bits per heavy atom. The third-order valence-electron chi connectivity index (χ3n) is 2.94. The van der Waals surface area contributed by atoms with Crippen LogP contribution in [-0.2, 0) is 0 Å². The summed E-state index contributed by atoms with van der Waals surface area (Å²) in [6.45, 7) is 4.10. The Morgan fingerprint density at radius 3 is 3.12 bits per heavy atom. The van der Waals surface area contributed by atoms with E-state index >= 15 is 0 Å². The normalized spacial score (nSPS) is 19.8. The van der Waals surface area contributed by atoms with E-state index in [2.05, 4.69) is 28.4 Å². The Bertz CT molecular complexity index is 621. The maximum atomic E-state index is 4.35. The first kappa shape index (κ1) is 10.1. The van der Waals surface area contributed by atoms with Crippen molar-refractivity contribution in [3.8, 4) is 0 Å². The molecule has 2 aromatic heterocycles. The predicted octanol–water partition coefficient (Wildman–Crippen LogP) is 2.09. The molecule has 4 heteroatoms. The monoisotopic (exact) mass is 226 g/mol. The van der Waals surface area contributed by atoms with E-state index in [0.717, 1.165) is 22.4 Å². The lowest BCUT2D eigenvalue weighted by molar-refractivity contribution is 0.680. The molecular weight excluding hydrogens is 212 g/mol. The van der Waals surface area contributed by atoms with E-state index in [1.807, 2.05) is 42.2 Å².